The van der Waals surface area contributed by atoms with E-state index in [2.05, 4.69) is 0 Å². The molecule has 0 aliphatic carbocycles. The van der Waals surface area contributed by atoms with Gasteiger partial charge in [-0.25, -0.2) is 13.2 Å². The highest BCUT2D eigenvalue weighted by atomic mass is 35.5. The standard InChI is InChI=1S/C30H30ClNO5S/c1-19-17-25(18-20(2)27(19)31)37-16-8-15-32-22(4)29(21(3)28(32)30(33)34)38(35,36)26-13-11-24(12-14-26)23-9-6-5-7-10-23/h5-7,9-14,17-18H,8,15-16H2,1-4H3,(H,33,34). The van der Waals surface area contributed by atoms with Gasteiger partial charge in [-0.3, -0.25) is 0 Å². The van der Waals surface area contributed by atoms with Gasteiger partial charge >= 0.3 is 5.97 Å². The number of hydrogen-bond acceptors (Lipinski definition) is 4. The Morgan fingerprint density at radius 3 is 2.08 bits per heavy atom. The summed E-state index contributed by atoms with van der Waals surface area (Å²) >= 11 is 6.23. The summed E-state index contributed by atoms with van der Waals surface area (Å²) in [6.45, 7) is 7.64. The van der Waals surface area contributed by atoms with Crippen LogP contribution in [-0.2, 0) is 16.4 Å². The van der Waals surface area contributed by atoms with Crippen LogP contribution in [0.15, 0.2) is 76.5 Å². The lowest BCUT2D eigenvalue weighted by molar-refractivity contribution is 0.0683. The molecule has 0 bridgehead atoms. The van der Waals surface area contributed by atoms with Crippen molar-refractivity contribution >= 4 is 27.4 Å². The molecule has 6 nitrogen and oxygen atoms in total. The van der Waals surface area contributed by atoms with Gasteiger partial charge < -0.3 is 14.4 Å². The van der Waals surface area contributed by atoms with Gasteiger partial charge in [-0.2, -0.15) is 0 Å². The van der Waals surface area contributed by atoms with Gasteiger partial charge in [0.05, 0.1) is 16.4 Å². The Morgan fingerprint density at radius 2 is 1.50 bits per heavy atom. The van der Waals surface area contributed by atoms with E-state index in [4.69, 9.17) is 16.3 Å². The molecule has 0 radical (unpaired) electrons. The Balaban J connectivity index is 1.59. The molecule has 0 aliphatic heterocycles. The quantitative estimate of drug-likeness (QED) is 0.225. The average molecular weight is 552 g/mol. The average Bonchev–Trinajstić information content (AvgIpc) is 3.15. The molecule has 1 heterocycles. The maximum atomic E-state index is 13.7. The fraction of sp³-hybridized carbons (Fsp3) is 0.233. The molecule has 0 saturated heterocycles. The maximum absolute atomic E-state index is 13.7. The van der Waals surface area contributed by atoms with Gasteiger partial charge in [-0.05, 0) is 80.6 Å². The first-order valence-electron chi connectivity index (χ1n) is 12.3. The van der Waals surface area contributed by atoms with E-state index < -0.39 is 15.8 Å². The van der Waals surface area contributed by atoms with Crippen molar-refractivity contribution in [3.05, 3.63) is 99.8 Å². The molecule has 198 valence electrons. The third-order valence-electron chi connectivity index (χ3n) is 6.65. The fourth-order valence-corrected chi connectivity index (χ4v) is 6.64. The lowest BCUT2D eigenvalue weighted by Gasteiger charge is -2.12. The van der Waals surface area contributed by atoms with Crippen LogP contribution in [0.25, 0.3) is 11.1 Å². The summed E-state index contributed by atoms with van der Waals surface area (Å²) in [5.41, 5.74) is 4.30. The molecule has 3 aromatic carbocycles. The SMILES string of the molecule is Cc1cc(OCCCn2c(C)c(S(=O)(=O)c3ccc(-c4ccccc4)cc3)c(C)c2C(=O)O)cc(C)c1Cl. The molecule has 0 fully saturated rings. The first-order valence-corrected chi connectivity index (χ1v) is 14.1. The monoisotopic (exact) mass is 551 g/mol. The molecule has 0 atom stereocenters. The van der Waals surface area contributed by atoms with Gasteiger partial charge in [-0.15, -0.1) is 0 Å². The van der Waals surface area contributed by atoms with E-state index in [-0.39, 0.29) is 21.0 Å². The van der Waals surface area contributed by atoms with E-state index in [1.54, 1.807) is 42.7 Å². The molecule has 0 saturated carbocycles. The highest BCUT2D eigenvalue weighted by Crippen LogP contribution is 2.33. The number of halogens is 1. The number of carboxylic acids is 1. The van der Waals surface area contributed by atoms with Crippen LogP contribution in [0.3, 0.4) is 0 Å². The number of benzene rings is 3. The molecule has 4 aromatic rings. The summed E-state index contributed by atoms with van der Waals surface area (Å²) in [6.07, 6.45) is 0.487. The third kappa shape index (κ3) is 5.35. The minimum absolute atomic E-state index is 0.0276. The molecule has 4 rings (SSSR count). The number of sulfone groups is 1. The van der Waals surface area contributed by atoms with Crippen LogP contribution in [0, 0.1) is 27.7 Å². The topological polar surface area (TPSA) is 85.6 Å². The Morgan fingerprint density at radius 1 is 0.921 bits per heavy atom. The molecule has 8 heteroatoms. The van der Waals surface area contributed by atoms with E-state index in [1.807, 2.05) is 56.3 Å². The molecule has 0 unspecified atom stereocenters. The fourth-order valence-electron chi connectivity index (χ4n) is 4.80. The van der Waals surface area contributed by atoms with Crippen LogP contribution in [0.2, 0.25) is 5.02 Å². The number of nitrogens with zero attached hydrogens (tertiary/aromatic N) is 1. The zero-order valence-corrected chi connectivity index (χ0v) is 23.4. The molecule has 0 aliphatic rings. The molecule has 1 N–H and O–H groups in total. The third-order valence-corrected chi connectivity index (χ3v) is 9.27. The van der Waals surface area contributed by atoms with Gasteiger partial charge in [0.15, 0.2) is 0 Å². The van der Waals surface area contributed by atoms with E-state index in [0.717, 1.165) is 22.3 Å². The minimum Gasteiger partial charge on any atom is -0.494 e. The van der Waals surface area contributed by atoms with Crippen LogP contribution in [0.1, 0.15) is 39.3 Å². The van der Waals surface area contributed by atoms with Crippen molar-refractivity contribution < 1.29 is 23.1 Å². The van der Waals surface area contributed by atoms with Gasteiger partial charge in [0, 0.05) is 22.8 Å². The summed E-state index contributed by atoms with van der Waals surface area (Å²) < 4.78 is 34.8. The zero-order valence-electron chi connectivity index (χ0n) is 21.8. The smallest absolute Gasteiger partial charge is 0.352 e. The van der Waals surface area contributed by atoms with E-state index in [9.17, 15) is 18.3 Å². The van der Waals surface area contributed by atoms with Crippen LogP contribution in [-0.4, -0.2) is 30.7 Å². The van der Waals surface area contributed by atoms with Crippen LogP contribution in [0.5, 0.6) is 5.75 Å². The molecule has 0 spiro atoms. The Labute approximate surface area is 228 Å². The highest BCUT2D eigenvalue weighted by molar-refractivity contribution is 7.91. The second-order valence-corrected chi connectivity index (χ2v) is 11.6. The number of carboxylic acid groups (broad SMARTS) is 1. The van der Waals surface area contributed by atoms with Crippen LogP contribution < -0.4 is 4.74 Å². The largest absolute Gasteiger partial charge is 0.494 e. The summed E-state index contributed by atoms with van der Waals surface area (Å²) in [4.78, 5) is 12.3. The Bertz CT molecular complexity index is 1570. The van der Waals surface area contributed by atoms with E-state index >= 15 is 0 Å². The molecular weight excluding hydrogens is 522 g/mol. The Hall–Kier alpha value is -3.55. The zero-order chi connectivity index (χ0) is 27.6. The molecule has 38 heavy (non-hydrogen) atoms. The van der Waals surface area contributed by atoms with Crippen molar-refractivity contribution in [2.45, 2.75) is 50.5 Å². The second kappa shape index (κ2) is 11.1. The van der Waals surface area contributed by atoms with E-state index in [1.165, 1.54) is 0 Å². The van der Waals surface area contributed by atoms with Crippen LogP contribution >= 0.6 is 11.6 Å². The summed E-state index contributed by atoms with van der Waals surface area (Å²) in [6, 6.07) is 20.1. The number of hydrogen-bond donors (Lipinski definition) is 1. The lowest BCUT2D eigenvalue weighted by Crippen LogP contribution is -2.13. The van der Waals surface area contributed by atoms with Crippen molar-refractivity contribution in [1.29, 1.82) is 0 Å². The van der Waals surface area contributed by atoms with Crippen molar-refractivity contribution in [3.63, 3.8) is 0 Å². The number of aryl methyl sites for hydroxylation is 2. The minimum atomic E-state index is -3.95. The van der Waals surface area contributed by atoms with Crippen molar-refractivity contribution in [2.24, 2.45) is 0 Å². The molecule has 0 amide bonds. The number of rotatable bonds is 9. The van der Waals surface area contributed by atoms with Gasteiger partial charge in [0.25, 0.3) is 0 Å². The van der Waals surface area contributed by atoms with Crippen molar-refractivity contribution in [3.8, 4) is 16.9 Å². The van der Waals surface area contributed by atoms with Crippen molar-refractivity contribution in [2.75, 3.05) is 6.61 Å². The summed E-state index contributed by atoms with van der Waals surface area (Å²) in [7, 11) is -3.95. The first-order chi connectivity index (χ1) is 18.0. The highest BCUT2D eigenvalue weighted by Gasteiger charge is 2.31. The predicted molar refractivity (Wildman–Crippen MR) is 149 cm³/mol. The van der Waals surface area contributed by atoms with Gasteiger partial charge in [0.1, 0.15) is 11.4 Å². The maximum Gasteiger partial charge on any atom is 0.352 e. The normalized spacial score (nSPS) is 11.5. The number of aromatic carboxylic acids is 1. The van der Waals surface area contributed by atoms with Crippen molar-refractivity contribution in [1.82, 2.24) is 4.57 Å². The molecular formula is C30H30ClNO5S. The number of carbonyl (C=O) groups is 1. The second-order valence-electron chi connectivity index (χ2n) is 9.31. The van der Waals surface area contributed by atoms with Gasteiger partial charge in [0.2, 0.25) is 9.84 Å². The lowest BCUT2D eigenvalue weighted by atomic mass is 10.1. The van der Waals surface area contributed by atoms with Crippen LogP contribution in [0.4, 0.5) is 0 Å². The number of ether oxygens (including phenoxy) is 1. The van der Waals surface area contributed by atoms with E-state index in [0.29, 0.717) is 36.0 Å². The Kier molecular flexibility index (Phi) is 7.99. The molecule has 1 aromatic heterocycles. The predicted octanol–water partition coefficient (Wildman–Crippen LogP) is 7.04. The summed E-state index contributed by atoms with van der Waals surface area (Å²) in [5.74, 6) is -0.484. The first kappa shape index (κ1) is 27.5. The summed E-state index contributed by atoms with van der Waals surface area (Å²) in [5, 5.41) is 10.6. The van der Waals surface area contributed by atoms with Gasteiger partial charge in [-0.1, -0.05) is 54.1 Å². The number of aromatic nitrogens is 1.